The van der Waals surface area contributed by atoms with Gasteiger partial charge in [0.2, 0.25) is 5.91 Å². The van der Waals surface area contributed by atoms with Crippen LogP contribution in [0.4, 0.5) is 0 Å². The van der Waals surface area contributed by atoms with Gasteiger partial charge >= 0.3 is 5.97 Å². The molecular formula is C27H27N3O3. The molecule has 0 aliphatic rings. The van der Waals surface area contributed by atoms with Crippen molar-refractivity contribution in [2.45, 2.75) is 25.6 Å². The van der Waals surface area contributed by atoms with E-state index in [-0.39, 0.29) is 18.9 Å². The Labute approximate surface area is 192 Å². The molecule has 1 atom stereocenters. The summed E-state index contributed by atoms with van der Waals surface area (Å²) < 4.78 is 0. The molecule has 4 aromatic rings. The van der Waals surface area contributed by atoms with Crippen molar-refractivity contribution in [2.75, 3.05) is 6.54 Å². The van der Waals surface area contributed by atoms with Gasteiger partial charge in [-0.1, -0.05) is 78.9 Å². The SMILES string of the molecule is O=C(CN(Cc1ccccc1)Cc1ccccc1)NC(Cc1c[nH]c2ccccc12)C(=O)O. The minimum Gasteiger partial charge on any atom is -0.480 e. The van der Waals surface area contributed by atoms with Crippen molar-refractivity contribution in [1.29, 1.82) is 0 Å². The number of fused-ring (bicyclic) bond motifs is 1. The van der Waals surface area contributed by atoms with E-state index >= 15 is 0 Å². The number of carboxylic acids is 1. The lowest BCUT2D eigenvalue weighted by Crippen LogP contribution is -2.46. The summed E-state index contributed by atoms with van der Waals surface area (Å²) in [6.45, 7) is 1.27. The molecule has 1 amide bonds. The first-order chi connectivity index (χ1) is 16.1. The largest absolute Gasteiger partial charge is 0.480 e. The molecule has 6 nitrogen and oxygen atoms in total. The highest BCUT2D eigenvalue weighted by Gasteiger charge is 2.23. The first-order valence-electron chi connectivity index (χ1n) is 11.0. The molecular weight excluding hydrogens is 414 g/mol. The molecule has 0 bridgehead atoms. The van der Waals surface area contributed by atoms with Gasteiger partial charge in [-0.15, -0.1) is 0 Å². The summed E-state index contributed by atoms with van der Waals surface area (Å²) in [4.78, 5) is 30.0. The minimum atomic E-state index is -1.05. The van der Waals surface area contributed by atoms with Crippen molar-refractivity contribution >= 4 is 22.8 Å². The third kappa shape index (κ3) is 6.08. The summed E-state index contributed by atoms with van der Waals surface area (Å²) >= 11 is 0. The number of nitrogens with one attached hydrogen (secondary N) is 2. The Morgan fingerprint density at radius 3 is 2.03 bits per heavy atom. The molecule has 0 saturated carbocycles. The van der Waals surface area contributed by atoms with Crippen LogP contribution < -0.4 is 5.32 Å². The van der Waals surface area contributed by atoms with Crippen LogP contribution in [0.15, 0.2) is 91.1 Å². The van der Waals surface area contributed by atoms with E-state index < -0.39 is 12.0 Å². The van der Waals surface area contributed by atoms with E-state index in [0.717, 1.165) is 27.6 Å². The molecule has 3 N–H and O–H groups in total. The molecule has 1 unspecified atom stereocenters. The first-order valence-corrected chi connectivity index (χ1v) is 11.0. The van der Waals surface area contributed by atoms with Gasteiger partial charge in [-0.25, -0.2) is 4.79 Å². The van der Waals surface area contributed by atoms with Crippen LogP contribution in [0.2, 0.25) is 0 Å². The zero-order valence-corrected chi connectivity index (χ0v) is 18.3. The molecule has 1 aromatic heterocycles. The van der Waals surface area contributed by atoms with Crippen molar-refractivity contribution in [3.05, 3.63) is 108 Å². The van der Waals surface area contributed by atoms with Crippen molar-refractivity contribution < 1.29 is 14.7 Å². The number of amides is 1. The van der Waals surface area contributed by atoms with E-state index in [1.54, 1.807) is 0 Å². The lowest BCUT2D eigenvalue weighted by Gasteiger charge is -2.23. The lowest BCUT2D eigenvalue weighted by molar-refractivity contribution is -0.142. The molecule has 1 heterocycles. The number of rotatable bonds is 10. The maximum absolute atomic E-state index is 12.9. The maximum Gasteiger partial charge on any atom is 0.326 e. The molecule has 0 aliphatic carbocycles. The van der Waals surface area contributed by atoms with Crippen molar-refractivity contribution in [3.63, 3.8) is 0 Å². The Bertz CT molecular complexity index is 1160. The van der Waals surface area contributed by atoms with E-state index in [1.807, 2.05) is 96.0 Å². The number of benzene rings is 3. The fraction of sp³-hybridized carbons (Fsp3) is 0.185. The van der Waals surface area contributed by atoms with E-state index in [0.29, 0.717) is 13.1 Å². The number of hydrogen-bond acceptors (Lipinski definition) is 3. The van der Waals surface area contributed by atoms with Crippen LogP contribution in [0, 0.1) is 0 Å². The highest BCUT2D eigenvalue weighted by atomic mass is 16.4. The van der Waals surface area contributed by atoms with Gasteiger partial charge in [-0.05, 0) is 22.8 Å². The third-order valence-electron chi connectivity index (χ3n) is 5.60. The molecule has 33 heavy (non-hydrogen) atoms. The molecule has 6 heteroatoms. The molecule has 168 valence electrons. The predicted molar refractivity (Wildman–Crippen MR) is 129 cm³/mol. The quantitative estimate of drug-likeness (QED) is 0.348. The summed E-state index contributed by atoms with van der Waals surface area (Å²) in [5.74, 6) is -1.36. The number of carboxylic acid groups (broad SMARTS) is 1. The molecule has 0 saturated heterocycles. The zero-order valence-electron chi connectivity index (χ0n) is 18.3. The summed E-state index contributed by atoms with van der Waals surface area (Å²) in [5, 5.41) is 13.5. The third-order valence-corrected chi connectivity index (χ3v) is 5.60. The van der Waals surface area contributed by atoms with Crippen molar-refractivity contribution in [3.8, 4) is 0 Å². The molecule has 0 fully saturated rings. The summed E-state index contributed by atoms with van der Waals surface area (Å²) in [6, 6.07) is 26.6. The Hall–Kier alpha value is -3.90. The van der Waals surface area contributed by atoms with E-state index in [2.05, 4.69) is 10.3 Å². The monoisotopic (exact) mass is 441 g/mol. The van der Waals surface area contributed by atoms with Gasteiger partial charge in [0.05, 0.1) is 6.54 Å². The number of aromatic amines is 1. The Balaban J connectivity index is 1.45. The molecule has 0 aliphatic heterocycles. The van der Waals surface area contributed by atoms with Gasteiger partial charge in [0.25, 0.3) is 0 Å². The van der Waals surface area contributed by atoms with Crippen LogP contribution in [0.1, 0.15) is 16.7 Å². The number of para-hydroxylation sites is 1. The van der Waals surface area contributed by atoms with Gasteiger partial charge in [0.15, 0.2) is 0 Å². The number of aliphatic carboxylic acids is 1. The van der Waals surface area contributed by atoms with Crippen LogP contribution in [-0.4, -0.2) is 39.5 Å². The zero-order chi connectivity index (χ0) is 23.0. The predicted octanol–water partition coefficient (Wildman–Crippen LogP) is 3.98. The van der Waals surface area contributed by atoms with E-state index in [4.69, 9.17) is 0 Å². The van der Waals surface area contributed by atoms with Crippen LogP contribution in [0.5, 0.6) is 0 Å². The molecule has 0 radical (unpaired) electrons. The average molecular weight is 442 g/mol. The van der Waals surface area contributed by atoms with Crippen LogP contribution in [0.3, 0.4) is 0 Å². The second-order valence-electron chi connectivity index (χ2n) is 8.14. The van der Waals surface area contributed by atoms with Crippen molar-refractivity contribution in [2.24, 2.45) is 0 Å². The number of carbonyl (C=O) groups is 2. The fourth-order valence-electron chi connectivity index (χ4n) is 4.01. The fourth-order valence-corrected chi connectivity index (χ4v) is 4.01. The van der Waals surface area contributed by atoms with Crippen molar-refractivity contribution in [1.82, 2.24) is 15.2 Å². The highest BCUT2D eigenvalue weighted by Crippen LogP contribution is 2.19. The Morgan fingerprint density at radius 1 is 0.848 bits per heavy atom. The topological polar surface area (TPSA) is 85.4 Å². The van der Waals surface area contributed by atoms with Gasteiger partial charge in [-0.3, -0.25) is 9.69 Å². The van der Waals surface area contributed by atoms with Crippen LogP contribution in [-0.2, 0) is 29.1 Å². The van der Waals surface area contributed by atoms with Gasteiger partial charge in [0, 0.05) is 36.6 Å². The first kappa shape index (κ1) is 22.3. The number of hydrogen-bond donors (Lipinski definition) is 3. The average Bonchev–Trinajstić information content (AvgIpc) is 3.23. The second kappa shape index (κ2) is 10.6. The molecule has 3 aromatic carbocycles. The summed E-state index contributed by atoms with van der Waals surface area (Å²) in [6.07, 6.45) is 2.02. The number of aromatic nitrogens is 1. The minimum absolute atomic E-state index is 0.0987. The second-order valence-corrected chi connectivity index (χ2v) is 8.14. The molecule has 4 rings (SSSR count). The lowest BCUT2D eigenvalue weighted by atomic mass is 10.0. The smallest absolute Gasteiger partial charge is 0.326 e. The van der Waals surface area contributed by atoms with E-state index in [1.165, 1.54) is 0 Å². The Morgan fingerprint density at radius 2 is 1.42 bits per heavy atom. The number of nitrogens with zero attached hydrogens (tertiary/aromatic N) is 1. The Kier molecular flexibility index (Phi) is 7.17. The van der Waals surface area contributed by atoms with Gasteiger partial charge in [-0.2, -0.15) is 0 Å². The molecule has 0 spiro atoms. The van der Waals surface area contributed by atoms with Crippen LogP contribution in [0.25, 0.3) is 10.9 Å². The summed E-state index contributed by atoms with van der Waals surface area (Å²) in [5.41, 5.74) is 3.99. The summed E-state index contributed by atoms with van der Waals surface area (Å²) in [7, 11) is 0. The maximum atomic E-state index is 12.9. The normalized spacial score (nSPS) is 12.0. The van der Waals surface area contributed by atoms with Gasteiger partial charge < -0.3 is 15.4 Å². The number of carbonyl (C=O) groups excluding carboxylic acids is 1. The van der Waals surface area contributed by atoms with Crippen LogP contribution >= 0.6 is 0 Å². The van der Waals surface area contributed by atoms with E-state index in [9.17, 15) is 14.7 Å². The van der Waals surface area contributed by atoms with Gasteiger partial charge in [0.1, 0.15) is 6.04 Å². The standard InChI is InChI=1S/C27H27N3O3/c31-26(29-25(27(32)33)15-22-16-28-24-14-8-7-13-23(22)24)19-30(17-20-9-3-1-4-10-20)18-21-11-5-2-6-12-21/h1-14,16,25,28H,15,17-19H2,(H,29,31)(H,32,33). The highest BCUT2D eigenvalue weighted by molar-refractivity contribution is 5.87. The number of H-pyrrole nitrogens is 1.